The van der Waals surface area contributed by atoms with Crippen molar-refractivity contribution in [1.82, 2.24) is 4.90 Å². The third kappa shape index (κ3) is 3.49. The van der Waals surface area contributed by atoms with E-state index in [2.05, 4.69) is 5.32 Å². The van der Waals surface area contributed by atoms with E-state index >= 15 is 0 Å². The number of benzene rings is 1. The number of methoxy groups -OCH3 is 1. The van der Waals surface area contributed by atoms with E-state index in [1.807, 2.05) is 13.8 Å². The van der Waals surface area contributed by atoms with Crippen LogP contribution in [0.1, 0.15) is 13.8 Å². The van der Waals surface area contributed by atoms with E-state index in [9.17, 15) is 9.00 Å². The summed E-state index contributed by atoms with van der Waals surface area (Å²) < 4.78 is 16.7. The molecule has 7 heteroatoms. The molecule has 1 N–H and O–H groups in total. The Morgan fingerprint density at radius 2 is 2.19 bits per heavy atom. The van der Waals surface area contributed by atoms with Gasteiger partial charge in [0.1, 0.15) is 0 Å². The molecule has 1 aromatic carbocycles. The molecule has 0 spiro atoms. The lowest BCUT2D eigenvalue weighted by Gasteiger charge is -2.37. The molecule has 21 heavy (non-hydrogen) atoms. The van der Waals surface area contributed by atoms with Crippen molar-refractivity contribution >= 4 is 34.1 Å². The second-order valence-corrected chi connectivity index (χ2v) is 8.09. The molecule has 1 aromatic rings. The van der Waals surface area contributed by atoms with Crippen LogP contribution in [0.2, 0.25) is 5.02 Å². The maximum atomic E-state index is 12.4. The SMILES string of the molecule is COc1c(Cl)cccc1NC(=O)N1CC[S@@](=O)C(C)(C)C1. The van der Waals surface area contributed by atoms with E-state index in [0.717, 1.165) is 0 Å². The summed E-state index contributed by atoms with van der Waals surface area (Å²) in [4.78, 5) is 14.0. The van der Waals surface area contributed by atoms with Gasteiger partial charge in [-0.25, -0.2) is 4.79 Å². The molecule has 1 saturated heterocycles. The van der Waals surface area contributed by atoms with Crippen LogP contribution >= 0.6 is 11.6 Å². The number of hydrogen-bond donors (Lipinski definition) is 1. The van der Waals surface area contributed by atoms with Crippen LogP contribution in [0.15, 0.2) is 18.2 Å². The Morgan fingerprint density at radius 1 is 1.48 bits per heavy atom. The van der Waals surface area contributed by atoms with Gasteiger partial charge in [0.15, 0.2) is 5.75 Å². The lowest BCUT2D eigenvalue weighted by atomic mass is 10.2. The van der Waals surface area contributed by atoms with Gasteiger partial charge >= 0.3 is 6.03 Å². The highest BCUT2D eigenvalue weighted by molar-refractivity contribution is 7.86. The topological polar surface area (TPSA) is 58.6 Å². The maximum Gasteiger partial charge on any atom is 0.322 e. The van der Waals surface area contributed by atoms with Crippen molar-refractivity contribution in [2.75, 3.05) is 31.3 Å². The number of rotatable bonds is 2. The predicted octanol–water partition coefficient (Wildman–Crippen LogP) is 2.72. The Kier molecular flexibility index (Phi) is 4.78. The Bertz CT molecular complexity index is 577. The Morgan fingerprint density at radius 3 is 2.81 bits per heavy atom. The summed E-state index contributed by atoms with van der Waals surface area (Å²) in [5, 5.41) is 3.24. The summed E-state index contributed by atoms with van der Waals surface area (Å²) in [5.41, 5.74) is 0.527. The van der Waals surface area contributed by atoms with Crippen LogP contribution in [0, 0.1) is 0 Å². The zero-order valence-electron chi connectivity index (χ0n) is 12.3. The molecular formula is C14H19ClN2O3S. The molecule has 1 aliphatic heterocycles. The molecule has 1 atom stereocenters. The fraction of sp³-hybridized carbons (Fsp3) is 0.500. The molecule has 1 fully saturated rings. The molecule has 1 aliphatic rings. The largest absolute Gasteiger partial charge is 0.493 e. The van der Waals surface area contributed by atoms with Gasteiger partial charge in [-0.3, -0.25) is 4.21 Å². The van der Waals surface area contributed by atoms with Gasteiger partial charge in [0.2, 0.25) is 0 Å². The van der Waals surface area contributed by atoms with Crippen molar-refractivity contribution in [3.05, 3.63) is 23.2 Å². The lowest BCUT2D eigenvalue weighted by molar-refractivity contribution is 0.207. The van der Waals surface area contributed by atoms with Gasteiger partial charge in [-0.05, 0) is 26.0 Å². The number of nitrogens with zero attached hydrogens (tertiary/aromatic N) is 1. The van der Waals surface area contributed by atoms with Gasteiger partial charge in [-0.15, -0.1) is 0 Å². The number of amides is 2. The average molecular weight is 331 g/mol. The molecule has 0 bridgehead atoms. The number of carbonyl (C=O) groups is 1. The number of para-hydroxylation sites is 1. The first-order valence-electron chi connectivity index (χ1n) is 6.62. The molecular weight excluding hydrogens is 312 g/mol. The van der Waals surface area contributed by atoms with Crippen molar-refractivity contribution in [3.8, 4) is 5.75 Å². The number of nitrogens with one attached hydrogen (secondary N) is 1. The molecule has 0 unspecified atom stereocenters. The minimum Gasteiger partial charge on any atom is -0.493 e. The predicted molar refractivity (Wildman–Crippen MR) is 85.7 cm³/mol. The highest BCUT2D eigenvalue weighted by Crippen LogP contribution is 2.32. The van der Waals surface area contributed by atoms with Crippen molar-refractivity contribution in [1.29, 1.82) is 0 Å². The number of urea groups is 1. The summed E-state index contributed by atoms with van der Waals surface area (Å²) >= 11 is 6.03. The number of halogens is 1. The number of carbonyl (C=O) groups excluding carboxylic acids is 1. The summed E-state index contributed by atoms with van der Waals surface area (Å²) in [6.07, 6.45) is 0. The van der Waals surface area contributed by atoms with Crippen molar-refractivity contribution in [2.45, 2.75) is 18.6 Å². The van der Waals surface area contributed by atoms with E-state index in [-0.39, 0.29) is 6.03 Å². The third-order valence-corrected chi connectivity index (χ3v) is 5.65. The molecule has 0 aliphatic carbocycles. The van der Waals surface area contributed by atoms with Crippen LogP contribution in [0.5, 0.6) is 5.75 Å². The second-order valence-electron chi connectivity index (χ2n) is 5.48. The van der Waals surface area contributed by atoms with Gasteiger partial charge in [0, 0.05) is 29.6 Å². The highest BCUT2D eigenvalue weighted by Gasteiger charge is 2.35. The molecule has 1 heterocycles. The van der Waals surface area contributed by atoms with E-state index in [4.69, 9.17) is 16.3 Å². The van der Waals surface area contributed by atoms with E-state index in [0.29, 0.717) is 35.3 Å². The number of anilines is 1. The fourth-order valence-corrected chi connectivity index (χ4v) is 3.75. The average Bonchev–Trinajstić information content (AvgIpc) is 2.42. The van der Waals surface area contributed by atoms with Crippen LogP contribution in [-0.2, 0) is 10.8 Å². The molecule has 0 saturated carbocycles. The zero-order valence-corrected chi connectivity index (χ0v) is 13.9. The van der Waals surface area contributed by atoms with E-state index in [1.165, 1.54) is 7.11 Å². The molecule has 2 rings (SSSR count). The van der Waals surface area contributed by atoms with Crippen molar-refractivity contribution < 1.29 is 13.7 Å². The van der Waals surface area contributed by atoms with Gasteiger partial charge in [0.05, 0.1) is 22.6 Å². The van der Waals surface area contributed by atoms with Crippen LogP contribution in [0.25, 0.3) is 0 Å². The summed E-state index contributed by atoms with van der Waals surface area (Å²) in [7, 11) is 0.593. The number of ether oxygens (including phenoxy) is 1. The first-order chi connectivity index (χ1) is 9.85. The van der Waals surface area contributed by atoms with Crippen LogP contribution < -0.4 is 10.1 Å². The molecule has 116 valence electrons. The monoisotopic (exact) mass is 330 g/mol. The smallest absolute Gasteiger partial charge is 0.322 e. The minimum atomic E-state index is -0.911. The molecule has 5 nitrogen and oxygen atoms in total. The van der Waals surface area contributed by atoms with Crippen LogP contribution in [0.3, 0.4) is 0 Å². The highest BCUT2D eigenvalue weighted by atomic mass is 35.5. The van der Waals surface area contributed by atoms with Gasteiger partial charge in [-0.2, -0.15) is 0 Å². The van der Waals surface area contributed by atoms with E-state index < -0.39 is 15.5 Å². The van der Waals surface area contributed by atoms with Crippen molar-refractivity contribution in [2.24, 2.45) is 0 Å². The van der Waals surface area contributed by atoms with Crippen LogP contribution in [-0.4, -0.2) is 45.8 Å². The number of hydrogen-bond acceptors (Lipinski definition) is 3. The van der Waals surface area contributed by atoms with Crippen molar-refractivity contribution in [3.63, 3.8) is 0 Å². The van der Waals surface area contributed by atoms with Gasteiger partial charge in [-0.1, -0.05) is 17.7 Å². The van der Waals surface area contributed by atoms with Gasteiger partial charge < -0.3 is 15.0 Å². The summed E-state index contributed by atoms with van der Waals surface area (Å²) in [6, 6.07) is 4.94. The summed E-state index contributed by atoms with van der Waals surface area (Å²) in [6.45, 7) is 4.74. The fourth-order valence-electron chi connectivity index (χ4n) is 2.26. The second kappa shape index (κ2) is 6.23. The Balaban J connectivity index is 2.12. The van der Waals surface area contributed by atoms with E-state index in [1.54, 1.807) is 23.1 Å². The maximum absolute atomic E-state index is 12.4. The Labute approximate surface area is 132 Å². The molecule has 0 aromatic heterocycles. The first kappa shape index (κ1) is 16.1. The third-order valence-electron chi connectivity index (χ3n) is 3.43. The summed E-state index contributed by atoms with van der Waals surface area (Å²) in [5.74, 6) is 0.931. The van der Waals surface area contributed by atoms with Gasteiger partial charge in [0.25, 0.3) is 0 Å². The molecule has 0 radical (unpaired) electrons. The molecule has 2 amide bonds. The minimum absolute atomic E-state index is 0.236. The standard InChI is InChI=1S/C14H19ClN2O3S/c1-14(2)9-17(7-8-21(14)19)13(18)16-11-6-4-5-10(15)12(11)20-3/h4-6H,7-9H2,1-3H3,(H,16,18)/t21-/m1/s1. The lowest BCUT2D eigenvalue weighted by Crippen LogP contribution is -2.53. The normalized spacial score (nSPS) is 21.0. The zero-order chi connectivity index (χ0) is 15.6. The Hall–Kier alpha value is -1.27. The van der Waals surface area contributed by atoms with Crippen LogP contribution in [0.4, 0.5) is 10.5 Å². The quantitative estimate of drug-likeness (QED) is 0.907. The first-order valence-corrected chi connectivity index (χ1v) is 8.32.